The third-order valence-electron chi connectivity index (χ3n) is 4.19. The molecule has 1 saturated carbocycles. The number of aliphatic carboxylic acids is 1. The van der Waals surface area contributed by atoms with Crippen molar-refractivity contribution in [1.29, 1.82) is 0 Å². The summed E-state index contributed by atoms with van der Waals surface area (Å²) >= 11 is 0. The van der Waals surface area contributed by atoms with E-state index in [1.165, 1.54) is 6.92 Å². The molecule has 2 rings (SSSR count). The van der Waals surface area contributed by atoms with Crippen LogP contribution in [-0.2, 0) is 14.4 Å². The third kappa shape index (κ3) is 3.95. The molecule has 2 fully saturated rings. The predicted octanol–water partition coefficient (Wildman–Crippen LogP) is 0.614. The predicted molar refractivity (Wildman–Crippen MR) is 71.9 cm³/mol. The highest BCUT2D eigenvalue weighted by Crippen LogP contribution is 2.33. The molecule has 0 radical (unpaired) electrons. The molecule has 0 aromatic rings. The number of amides is 2. The lowest BCUT2D eigenvalue weighted by atomic mass is 9.95. The van der Waals surface area contributed by atoms with Crippen molar-refractivity contribution >= 4 is 17.8 Å². The second-order valence-corrected chi connectivity index (χ2v) is 5.86. The van der Waals surface area contributed by atoms with Gasteiger partial charge in [-0.1, -0.05) is 12.8 Å². The Labute approximate surface area is 118 Å². The lowest BCUT2D eigenvalue weighted by Crippen LogP contribution is -2.47. The van der Waals surface area contributed by atoms with Crippen molar-refractivity contribution in [2.45, 2.75) is 45.1 Å². The first-order valence-electron chi connectivity index (χ1n) is 7.26. The quantitative estimate of drug-likeness (QED) is 0.773. The van der Waals surface area contributed by atoms with Gasteiger partial charge in [-0.05, 0) is 25.2 Å². The molecule has 0 aromatic carbocycles. The van der Waals surface area contributed by atoms with E-state index in [1.54, 1.807) is 4.90 Å². The molecule has 0 aromatic heterocycles. The number of rotatable bonds is 5. The normalized spacial score (nSPS) is 21.4. The average Bonchev–Trinajstić information content (AvgIpc) is 3.21. The van der Waals surface area contributed by atoms with Gasteiger partial charge < -0.3 is 15.3 Å². The highest BCUT2D eigenvalue weighted by Gasteiger charge is 2.33. The van der Waals surface area contributed by atoms with Crippen LogP contribution in [0.25, 0.3) is 0 Å². The number of carbonyl (C=O) groups excluding carboxylic acids is 2. The summed E-state index contributed by atoms with van der Waals surface area (Å²) in [7, 11) is 0. The molecular weight excluding hydrogens is 260 g/mol. The molecule has 1 unspecified atom stereocenters. The van der Waals surface area contributed by atoms with E-state index in [-0.39, 0.29) is 17.7 Å². The van der Waals surface area contributed by atoms with Crippen molar-refractivity contribution in [3.63, 3.8) is 0 Å². The molecule has 2 amide bonds. The molecule has 6 nitrogen and oxygen atoms in total. The SMILES string of the molecule is CC(=O)N1CCC(C(=O)NC(CC2CC2)C(=O)O)CC1. The van der Waals surface area contributed by atoms with Gasteiger partial charge in [0, 0.05) is 25.9 Å². The zero-order valence-corrected chi connectivity index (χ0v) is 11.8. The van der Waals surface area contributed by atoms with E-state index in [9.17, 15) is 14.4 Å². The summed E-state index contributed by atoms with van der Waals surface area (Å²) in [6.45, 7) is 2.68. The second kappa shape index (κ2) is 6.24. The largest absolute Gasteiger partial charge is 0.480 e. The number of piperidine rings is 1. The molecule has 1 aliphatic heterocycles. The van der Waals surface area contributed by atoms with E-state index in [1.807, 2.05) is 0 Å². The van der Waals surface area contributed by atoms with Gasteiger partial charge >= 0.3 is 5.97 Å². The van der Waals surface area contributed by atoms with Gasteiger partial charge in [-0.3, -0.25) is 9.59 Å². The van der Waals surface area contributed by atoms with E-state index in [0.717, 1.165) is 12.8 Å². The first-order valence-corrected chi connectivity index (χ1v) is 7.26. The summed E-state index contributed by atoms with van der Waals surface area (Å²) < 4.78 is 0. The summed E-state index contributed by atoms with van der Waals surface area (Å²) in [5, 5.41) is 11.8. The Kier molecular flexibility index (Phi) is 4.62. The van der Waals surface area contributed by atoms with Crippen LogP contribution in [0.15, 0.2) is 0 Å². The fourth-order valence-electron chi connectivity index (χ4n) is 2.65. The zero-order valence-electron chi connectivity index (χ0n) is 11.8. The van der Waals surface area contributed by atoms with Gasteiger partial charge in [0.2, 0.25) is 11.8 Å². The van der Waals surface area contributed by atoms with E-state index in [2.05, 4.69) is 5.32 Å². The molecule has 2 aliphatic rings. The molecule has 1 aliphatic carbocycles. The van der Waals surface area contributed by atoms with Gasteiger partial charge in [-0.2, -0.15) is 0 Å². The fourth-order valence-corrected chi connectivity index (χ4v) is 2.65. The van der Waals surface area contributed by atoms with Crippen LogP contribution in [-0.4, -0.2) is 46.9 Å². The van der Waals surface area contributed by atoms with Crippen LogP contribution < -0.4 is 5.32 Å². The van der Waals surface area contributed by atoms with E-state index in [0.29, 0.717) is 38.3 Å². The molecule has 0 bridgehead atoms. The zero-order chi connectivity index (χ0) is 14.7. The van der Waals surface area contributed by atoms with Gasteiger partial charge in [-0.25, -0.2) is 4.79 Å². The lowest BCUT2D eigenvalue weighted by Gasteiger charge is -2.31. The van der Waals surface area contributed by atoms with E-state index >= 15 is 0 Å². The van der Waals surface area contributed by atoms with Crippen molar-refractivity contribution in [1.82, 2.24) is 10.2 Å². The average molecular weight is 282 g/mol. The Morgan fingerprint density at radius 2 is 1.80 bits per heavy atom. The number of hydrogen-bond acceptors (Lipinski definition) is 3. The number of likely N-dealkylation sites (tertiary alicyclic amines) is 1. The van der Waals surface area contributed by atoms with Crippen molar-refractivity contribution < 1.29 is 19.5 Å². The van der Waals surface area contributed by atoms with Gasteiger partial charge in [0.25, 0.3) is 0 Å². The van der Waals surface area contributed by atoms with Crippen LogP contribution in [0, 0.1) is 11.8 Å². The van der Waals surface area contributed by atoms with Gasteiger partial charge in [0.1, 0.15) is 6.04 Å². The van der Waals surface area contributed by atoms with Crippen molar-refractivity contribution in [3.8, 4) is 0 Å². The fraction of sp³-hybridized carbons (Fsp3) is 0.786. The van der Waals surface area contributed by atoms with Crippen LogP contribution in [0.1, 0.15) is 39.0 Å². The molecule has 2 N–H and O–H groups in total. The molecular formula is C14H22N2O4. The number of nitrogens with one attached hydrogen (secondary N) is 1. The van der Waals surface area contributed by atoms with Gasteiger partial charge in [0.05, 0.1) is 0 Å². The maximum Gasteiger partial charge on any atom is 0.326 e. The molecule has 20 heavy (non-hydrogen) atoms. The number of hydrogen-bond donors (Lipinski definition) is 2. The summed E-state index contributed by atoms with van der Waals surface area (Å²) in [6.07, 6.45) is 3.89. The van der Waals surface area contributed by atoms with Crippen molar-refractivity contribution in [2.75, 3.05) is 13.1 Å². The minimum absolute atomic E-state index is 0.0287. The summed E-state index contributed by atoms with van der Waals surface area (Å²) in [5.74, 6) is -0.823. The Balaban J connectivity index is 1.81. The third-order valence-corrected chi connectivity index (χ3v) is 4.19. The molecule has 112 valence electrons. The molecule has 6 heteroatoms. The Hall–Kier alpha value is -1.59. The highest BCUT2D eigenvalue weighted by molar-refractivity contribution is 5.85. The maximum atomic E-state index is 12.1. The highest BCUT2D eigenvalue weighted by atomic mass is 16.4. The lowest BCUT2D eigenvalue weighted by molar-refractivity contribution is -0.143. The van der Waals surface area contributed by atoms with Crippen LogP contribution in [0.3, 0.4) is 0 Å². The number of carboxylic acid groups (broad SMARTS) is 1. The van der Waals surface area contributed by atoms with Gasteiger partial charge in [0.15, 0.2) is 0 Å². The summed E-state index contributed by atoms with van der Waals surface area (Å²) in [5.41, 5.74) is 0. The van der Waals surface area contributed by atoms with Crippen molar-refractivity contribution in [3.05, 3.63) is 0 Å². The van der Waals surface area contributed by atoms with Crippen LogP contribution in [0.2, 0.25) is 0 Å². The van der Waals surface area contributed by atoms with Crippen LogP contribution >= 0.6 is 0 Å². The first-order chi connectivity index (χ1) is 9.47. The molecule has 1 saturated heterocycles. The standard InChI is InChI=1S/C14H22N2O4/c1-9(17)16-6-4-11(5-7-16)13(18)15-12(14(19)20)8-10-2-3-10/h10-12H,2-8H2,1H3,(H,15,18)(H,19,20). The van der Waals surface area contributed by atoms with E-state index < -0.39 is 12.0 Å². The van der Waals surface area contributed by atoms with Crippen molar-refractivity contribution in [2.24, 2.45) is 11.8 Å². The Morgan fingerprint density at radius 1 is 1.20 bits per heavy atom. The Bertz CT molecular complexity index is 398. The summed E-state index contributed by atoms with van der Waals surface area (Å²) in [6, 6.07) is -0.763. The Morgan fingerprint density at radius 3 is 2.25 bits per heavy atom. The summed E-state index contributed by atoms with van der Waals surface area (Å²) in [4.78, 5) is 36.2. The van der Waals surface area contributed by atoms with Gasteiger partial charge in [-0.15, -0.1) is 0 Å². The van der Waals surface area contributed by atoms with Crippen LogP contribution in [0.4, 0.5) is 0 Å². The maximum absolute atomic E-state index is 12.1. The monoisotopic (exact) mass is 282 g/mol. The number of nitrogens with zero attached hydrogens (tertiary/aromatic N) is 1. The molecule has 1 heterocycles. The first kappa shape index (κ1) is 14.8. The minimum Gasteiger partial charge on any atom is -0.480 e. The smallest absolute Gasteiger partial charge is 0.326 e. The second-order valence-electron chi connectivity index (χ2n) is 5.86. The molecule has 1 atom stereocenters. The minimum atomic E-state index is -0.952. The molecule has 0 spiro atoms. The van der Waals surface area contributed by atoms with E-state index in [4.69, 9.17) is 5.11 Å². The topological polar surface area (TPSA) is 86.7 Å². The number of carbonyl (C=O) groups is 3. The number of carboxylic acids is 1. The van der Waals surface area contributed by atoms with Crippen LogP contribution in [0.5, 0.6) is 0 Å².